The van der Waals surface area contributed by atoms with E-state index in [9.17, 15) is 9.59 Å². The van der Waals surface area contributed by atoms with Gasteiger partial charge in [-0.3, -0.25) is 9.59 Å². The van der Waals surface area contributed by atoms with Gasteiger partial charge >= 0.3 is 0 Å². The quantitative estimate of drug-likeness (QED) is 0.751. The van der Waals surface area contributed by atoms with Gasteiger partial charge in [-0.2, -0.15) is 0 Å². The Kier molecular flexibility index (Phi) is 4.88. The van der Waals surface area contributed by atoms with Crippen molar-refractivity contribution in [3.63, 3.8) is 0 Å². The summed E-state index contributed by atoms with van der Waals surface area (Å²) in [6.07, 6.45) is 0.971. The summed E-state index contributed by atoms with van der Waals surface area (Å²) >= 11 is 0. The number of nitrogens with zero attached hydrogens (tertiary/aromatic N) is 1. The molecule has 1 saturated heterocycles. The Hall–Kier alpha value is -2.42. The van der Waals surface area contributed by atoms with Crippen LogP contribution in [0.5, 0.6) is 0 Å². The van der Waals surface area contributed by atoms with E-state index in [1.807, 2.05) is 42.5 Å². The molecule has 0 bridgehead atoms. The van der Waals surface area contributed by atoms with Crippen molar-refractivity contribution in [3.05, 3.63) is 61.2 Å². The Morgan fingerprint density at radius 2 is 1.57 bits per heavy atom. The number of benzene rings is 2. The van der Waals surface area contributed by atoms with Crippen LogP contribution in [0.25, 0.3) is 10.8 Å². The summed E-state index contributed by atoms with van der Waals surface area (Å²) in [6.45, 7) is 7.09. The molecule has 3 heteroatoms. The number of rotatable bonds is 1. The van der Waals surface area contributed by atoms with Gasteiger partial charge in [0.05, 0.1) is 0 Å². The van der Waals surface area contributed by atoms with Crippen LogP contribution in [0.2, 0.25) is 0 Å². The van der Waals surface area contributed by atoms with E-state index in [0.717, 1.165) is 10.8 Å². The van der Waals surface area contributed by atoms with E-state index in [2.05, 4.69) is 13.2 Å². The van der Waals surface area contributed by atoms with E-state index in [1.54, 1.807) is 4.90 Å². The molecule has 108 valence electrons. The van der Waals surface area contributed by atoms with Crippen molar-refractivity contribution in [2.75, 3.05) is 13.1 Å². The molecule has 0 atom stereocenters. The van der Waals surface area contributed by atoms with Gasteiger partial charge < -0.3 is 4.90 Å². The molecule has 1 fully saturated rings. The van der Waals surface area contributed by atoms with Gasteiger partial charge in [0.25, 0.3) is 5.91 Å². The van der Waals surface area contributed by atoms with E-state index in [4.69, 9.17) is 0 Å². The third-order valence-corrected chi connectivity index (χ3v) is 3.60. The molecule has 1 amide bonds. The predicted molar refractivity (Wildman–Crippen MR) is 85.3 cm³/mol. The van der Waals surface area contributed by atoms with Crippen molar-refractivity contribution in [2.24, 2.45) is 0 Å². The van der Waals surface area contributed by atoms with E-state index in [1.165, 1.54) is 0 Å². The Balaban J connectivity index is 0.000000774. The standard InChI is InChI=1S/C16H15NO2.C2H4/c18-15-7-9-17(10-8-15)16(19)14-6-5-12-3-1-2-4-13(12)11-14;1-2/h1-6,11H,7-10H2;1-2H2. The van der Waals surface area contributed by atoms with Gasteiger partial charge in [-0.25, -0.2) is 0 Å². The number of Topliss-reactive ketones (excluding diaryl/α,β-unsaturated/α-hetero) is 1. The molecule has 0 unspecified atom stereocenters. The number of hydrogen-bond acceptors (Lipinski definition) is 2. The Morgan fingerprint density at radius 1 is 0.952 bits per heavy atom. The van der Waals surface area contributed by atoms with Crippen LogP contribution in [0.3, 0.4) is 0 Å². The molecule has 21 heavy (non-hydrogen) atoms. The maximum Gasteiger partial charge on any atom is 0.253 e. The lowest BCUT2D eigenvalue weighted by Crippen LogP contribution is -2.38. The fraction of sp³-hybridized carbons (Fsp3) is 0.222. The molecule has 1 aliphatic rings. The van der Waals surface area contributed by atoms with Gasteiger partial charge in [-0.15, -0.1) is 13.2 Å². The van der Waals surface area contributed by atoms with Crippen LogP contribution in [-0.4, -0.2) is 29.7 Å². The molecule has 0 aromatic heterocycles. The van der Waals surface area contributed by atoms with Gasteiger partial charge in [-0.05, 0) is 22.9 Å². The zero-order valence-electron chi connectivity index (χ0n) is 12.0. The third kappa shape index (κ3) is 3.37. The summed E-state index contributed by atoms with van der Waals surface area (Å²) in [5.41, 5.74) is 0.702. The fourth-order valence-corrected chi connectivity index (χ4v) is 2.46. The molecule has 3 nitrogen and oxygen atoms in total. The highest BCUT2D eigenvalue weighted by Gasteiger charge is 2.21. The smallest absolute Gasteiger partial charge is 0.253 e. The average molecular weight is 281 g/mol. The summed E-state index contributed by atoms with van der Waals surface area (Å²) in [6, 6.07) is 13.7. The first-order valence-electron chi connectivity index (χ1n) is 7.04. The maximum absolute atomic E-state index is 12.4. The lowest BCUT2D eigenvalue weighted by atomic mass is 10.0. The van der Waals surface area contributed by atoms with Gasteiger partial charge in [-0.1, -0.05) is 30.3 Å². The van der Waals surface area contributed by atoms with Gasteiger partial charge in [0.1, 0.15) is 5.78 Å². The molecule has 2 aromatic carbocycles. The van der Waals surface area contributed by atoms with Crippen molar-refractivity contribution in [1.29, 1.82) is 0 Å². The van der Waals surface area contributed by atoms with Crippen LogP contribution >= 0.6 is 0 Å². The minimum atomic E-state index is 0.0262. The van der Waals surface area contributed by atoms with Gasteiger partial charge in [0.15, 0.2) is 0 Å². The van der Waals surface area contributed by atoms with Crippen LogP contribution in [0.1, 0.15) is 23.2 Å². The molecule has 0 spiro atoms. The number of likely N-dealkylation sites (tertiary alicyclic amines) is 1. The molecule has 0 saturated carbocycles. The summed E-state index contributed by atoms with van der Waals surface area (Å²) in [4.78, 5) is 25.3. The van der Waals surface area contributed by atoms with E-state index in [-0.39, 0.29) is 11.7 Å². The second kappa shape index (κ2) is 6.84. The van der Waals surface area contributed by atoms with Gasteiger partial charge in [0, 0.05) is 31.5 Å². The fourth-order valence-electron chi connectivity index (χ4n) is 2.46. The monoisotopic (exact) mass is 281 g/mol. The zero-order valence-corrected chi connectivity index (χ0v) is 12.0. The lowest BCUT2D eigenvalue weighted by molar-refractivity contribution is -0.120. The Bertz CT molecular complexity index is 653. The number of amides is 1. The number of hydrogen-bond donors (Lipinski definition) is 0. The lowest BCUT2D eigenvalue weighted by Gasteiger charge is -2.26. The largest absolute Gasteiger partial charge is 0.338 e. The SMILES string of the molecule is C=C.O=C1CCN(C(=O)c2ccc3ccccc3c2)CC1. The second-order valence-electron chi connectivity index (χ2n) is 4.89. The Labute approximate surface area is 124 Å². The first-order valence-corrected chi connectivity index (χ1v) is 7.04. The van der Waals surface area contributed by atoms with E-state index >= 15 is 0 Å². The van der Waals surface area contributed by atoms with Crippen molar-refractivity contribution in [3.8, 4) is 0 Å². The third-order valence-electron chi connectivity index (χ3n) is 3.60. The van der Waals surface area contributed by atoms with E-state index < -0.39 is 0 Å². The number of piperidine rings is 1. The first kappa shape index (κ1) is 15.0. The van der Waals surface area contributed by atoms with E-state index in [0.29, 0.717) is 31.5 Å². The summed E-state index contributed by atoms with van der Waals surface area (Å²) in [5.74, 6) is 0.279. The van der Waals surface area contributed by atoms with Crippen LogP contribution in [0, 0.1) is 0 Å². The average Bonchev–Trinajstić information content (AvgIpc) is 2.56. The maximum atomic E-state index is 12.4. The van der Waals surface area contributed by atoms with Gasteiger partial charge in [0.2, 0.25) is 0 Å². The zero-order chi connectivity index (χ0) is 15.2. The van der Waals surface area contributed by atoms with Crippen LogP contribution in [0.15, 0.2) is 55.6 Å². The molecule has 2 aromatic rings. The minimum absolute atomic E-state index is 0.0262. The topological polar surface area (TPSA) is 37.4 Å². The molecule has 1 aliphatic heterocycles. The summed E-state index contributed by atoms with van der Waals surface area (Å²) < 4.78 is 0. The Morgan fingerprint density at radius 3 is 2.24 bits per heavy atom. The van der Waals surface area contributed by atoms with Crippen molar-refractivity contribution >= 4 is 22.5 Å². The predicted octanol–water partition coefficient (Wildman–Crippen LogP) is 3.45. The van der Waals surface area contributed by atoms with Crippen molar-refractivity contribution in [2.45, 2.75) is 12.8 Å². The van der Waals surface area contributed by atoms with Crippen molar-refractivity contribution < 1.29 is 9.59 Å². The van der Waals surface area contributed by atoms with Crippen molar-refractivity contribution in [1.82, 2.24) is 4.90 Å². The summed E-state index contributed by atoms with van der Waals surface area (Å²) in [7, 11) is 0. The molecular weight excluding hydrogens is 262 g/mol. The number of ketones is 1. The summed E-state index contributed by atoms with van der Waals surface area (Å²) in [5, 5.41) is 2.20. The number of carbonyl (C=O) groups is 2. The second-order valence-corrected chi connectivity index (χ2v) is 4.89. The number of carbonyl (C=O) groups excluding carboxylic acids is 2. The van der Waals surface area contributed by atoms with Crippen LogP contribution < -0.4 is 0 Å². The van der Waals surface area contributed by atoms with Crippen LogP contribution in [-0.2, 0) is 4.79 Å². The highest BCUT2D eigenvalue weighted by molar-refractivity contribution is 5.99. The number of fused-ring (bicyclic) bond motifs is 1. The molecule has 0 radical (unpaired) electrons. The molecular formula is C18H19NO2. The molecule has 0 N–H and O–H groups in total. The molecule has 0 aliphatic carbocycles. The highest BCUT2D eigenvalue weighted by Crippen LogP contribution is 2.18. The highest BCUT2D eigenvalue weighted by atomic mass is 16.2. The van der Waals surface area contributed by atoms with Crippen LogP contribution in [0.4, 0.5) is 0 Å². The normalized spacial score (nSPS) is 14.5. The first-order chi connectivity index (χ1) is 10.2. The molecule has 1 heterocycles. The molecule has 3 rings (SSSR count). The minimum Gasteiger partial charge on any atom is -0.338 e.